The average molecular weight is 1710 g/mol. The van der Waals surface area contributed by atoms with Crippen molar-refractivity contribution in [1.29, 1.82) is 0 Å². The van der Waals surface area contributed by atoms with Gasteiger partial charge in [-0.1, -0.05) is 97.1 Å². The zero-order chi connectivity index (χ0) is 59.2. The van der Waals surface area contributed by atoms with Gasteiger partial charge in [0.05, 0.1) is 40.2 Å². The molecule has 4 atom stereocenters. The van der Waals surface area contributed by atoms with Crippen LogP contribution < -0.4 is 74.3 Å². The third-order valence-electron chi connectivity index (χ3n) is 7.29. The van der Waals surface area contributed by atoms with Gasteiger partial charge in [-0.05, 0) is 180 Å². The van der Waals surface area contributed by atoms with E-state index in [0.717, 1.165) is 24.0 Å². The molecule has 456 valence electrons. The number of rotatable bonds is 13. The van der Waals surface area contributed by atoms with Gasteiger partial charge in [0.2, 0.25) is 0 Å². The molecular formula is C38H66Cl19N8P13. The summed E-state index contributed by atoms with van der Waals surface area (Å²) in [4.78, 5) is 0. The van der Waals surface area contributed by atoms with Crippen molar-refractivity contribution < 1.29 is 37.2 Å². The Bertz CT molecular complexity index is 2480. The molecule has 0 radical (unpaired) electrons. The molecule has 0 heterocycles. The maximum absolute atomic E-state index is 5.97. The molecule has 0 spiro atoms. The first-order valence-electron chi connectivity index (χ1n) is 20.7. The van der Waals surface area contributed by atoms with E-state index in [1.807, 2.05) is 48.5 Å². The third kappa shape index (κ3) is 67.3. The largest absolute Gasteiger partial charge is 1.00 e. The van der Waals surface area contributed by atoms with Crippen molar-refractivity contribution in [3.63, 3.8) is 0 Å². The molecule has 0 aliphatic heterocycles. The fourth-order valence-electron chi connectivity index (χ4n) is 4.93. The molecule has 0 amide bonds. The van der Waals surface area contributed by atoms with E-state index in [0.29, 0.717) is 13.1 Å². The van der Waals surface area contributed by atoms with Gasteiger partial charge in [0.15, 0.2) is 63.8 Å². The predicted octanol–water partition coefficient (Wildman–Crippen LogP) is 15.7. The van der Waals surface area contributed by atoms with Crippen molar-refractivity contribution in [2.45, 2.75) is 26.2 Å². The zero-order valence-corrected chi connectivity index (χ0v) is 70.4. The van der Waals surface area contributed by atoms with Gasteiger partial charge < -0.3 is 43.0 Å². The summed E-state index contributed by atoms with van der Waals surface area (Å²) >= 11 is 85.3. The summed E-state index contributed by atoms with van der Waals surface area (Å²) in [6.45, 7) is 25.2. The van der Waals surface area contributed by atoms with Crippen LogP contribution in [0.25, 0.3) is 0 Å². The molecule has 0 saturated heterocycles. The van der Waals surface area contributed by atoms with Gasteiger partial charge in [-0.3, -0.25) is 9.26 Å². The second kappa shape index (κ2) is 42.9. The molecule has 40 heteroatoms. The number of nitrogens with one attached hydrogen (secondary N) is 2. The smallest absolute Gasteiger partial charge is 0.423 e. The van der Waals surface area contributed by atoms with Gasteiger partial charge in [0.25, 0.3) is 10.2 Å². The standard InChI is InChI=1S/C12H24N2P3.C12H23N2P3.C7H9Cl5N2P3.C7H10NP.Cl6NP2.Cl5P.3ClH/c2*1-16(2,3)14-17(4,5)13-10-11-6-8-12(15)9-7-11;8-16(9,10)14-17(11,12)13-5-6-1-3-7(15)4-2-6;8-5-6-1-3-7(9)4-2-6;1-8(2,3)7-9(4,5)6;1-6(2,3,4)5;;;/h6-9,13H,10,15H2,1-5H3;6-9H,10,15H2,1-5H3;1-4,13H,5,15H2;1-4H,5,8-9H2;;;3*1H/q+1;;+1;;+1;;;;/p-3. The molecule has 0 saturated carbocycles. The SMILES string of the molecule is CP(C)(C)=NP(C)(C)=NCc1ccc(P)cc1.CP(C)(C)=N[P+](C)(C)NCc1ccc(P)cc1.ClP(Cl)(Cl)(Cl)Cl.ClP(Cl)(Cl)=N[P+](Cl)(Cl)Cl.NCc1ccc(P)cc1.Pc1ccc(CN[P+](Cl)(Cl)N=P(Cl)(Cl)Cl)cc1.[Cl-].[Cl-].[Cl-]. The van der Waals surface area contributed by atoms with Crippen LogP contribution >= 0.6 is 271 Å². The second-order valence-electron chi connectivity index (χ2n) is 17.5. The predicted molar refractivity (Wildman–Crippen MR) is 396 cm³/mol. The summed E-state index contributed by atoms with van der Waals surface area (Å²) in [5.41, 5.74) is 7.36. The minimum absolute atomic E-state index is 0. The zero-order valence-electron chi connectivity index (χ0n) is 43.4. The maximum atomic E-state index is 5.97. The Hall–Kier alpha value is 6.86. The van der Waals surface area contributed by atoms with Gasteiger partial charge in [-0.2, -0.15) is 5.09 Å². The molecule has 0 fully saturated rings. The Morgan fingerprint density at radius 2 is 0.769 bits per heavy atom. The molecule has 0 bridgehead atoms. The van der Waals surface area contributed by atoms with E-state index < -0.39 is 54.2 Å². The Morgan fingerprint density at radius 3 is 1.03 bits per heavy atom. The summed E-state index contributed by atoms with van der Waals surface area (Å²) in [6, 6.07) is 33.0. The van der Waals surface area contributed by atoms with E-state index in [9.17, 15) is 0 Å². The van der Waals surface area contributed by atoms with Crippen LogP contribution in [0.5, 0.6) is 0 Å². The van der Waals surface area contributed by atoms with Crippen molar-refractivity contribution in [1.82, 2.24) is 10.2 Å². The van der Waals surface area contributed by atoms with E-state index in [1.54, 1.807) is 0 Å². The van der Waals surface area contributed by atoms with Crippen molar-refractivity contribution in [2.75, 3.05) is 66.6 Å². The molecule has 4 aromatic rings. The molecule has 4 rings (SSSR count). The van der Waals surface area contributed by atoms with Crippen LogP contribution in [0.1, 0.15) is 22.3 Å². The van der Waals surface area contributed by atoms with Crippen LogP contribution in [0.3, 0.4) is 0 Å². The van der Waals surface area contributed by atoms with Crippen molar-refractivity contribution >= 4 is 292 Å². The van der Waals surface area contributed by atoms with Crippen LogP contribution in [0.15, 0.2) is 120 Å². The monoisotopic (exact) mass is 1700 g/mol. The summed E-state index contributed by atoms with van der Waals surface area (Å²) in [7, 11) is 5.73. The van der Waals surface area contributed by atoms with E-state index in [1.165, 1.54) is 32.6 Å². The molecule has 4 unspecified atom stereocenters. The first-order valence-corrected chi connectivity index (χ1v) is 58.1. The van der Waals surface area contributed by atoms with Crippen molar-refractivity contribution in [2.24, 2.45) is 28.5 Å². The first kappa shape index (κ1) is 93.6. The number of halogens is 19. The Morgan fingerprint density at radius 1 is 0.474 bits per heavy atom. The van der Waals surface area contributed by atoms with Gasteiger partial charge >= 0.3 is 71.3 Å². The number of nitrogens with two attached hydrogens (primary N) is 1. The first-order chi connectivity index (χ1) is 33.3. The number of benzene rings is 4. The van der Waals surface area contributed by atoms with Crippen LogP contribution in [-0.2, 0) is 26.2 Å². The molecule has 0 aliphatic carbocycles. The van der Waals surface area contributed by atoms with Crippen molar-refractivity contribution in [3.05, 3.63) is 119 Å². The molecule has 8 nitrogen and oxygen atoms in total. The Balaban J connectivity index is -0.000000280. The summed E-state index contributed by atoms with van der Waals surface area (Å²) < 4.78 is 18.2. The van der Waals surface area contributed by atoms with Crippen LogP contribution in [0.2, 0.25) is 0 Å². The van der Waals surface area contributed by atoms with E-state index in [-0.39, 0.29) is 37.2 Å². The van der Waals surface area contributed by atoms with Gasteiger partial charge in [0.1, 0.15) is 0 Å². The quantitative estimate of drug-likeness (QED) is 0.116. The molecule has 78 heavy (non-hydrogen) atoms. The molecule has 4 aromatic carbocycles. The maximum Gasteiger partial charge on any atom is 0.423 e. The number of nitrogens with zero attached hydrogens (tertiary/aromatic N) is 5. The Kier molecular flexibility index (Phi) is 51.5. The van der Waals surface area contributed by atoms with Crippen molar-refractivity contribution in [3.8, 4) is 0 Å². The number of hydrogen-bond donors (Lipinski definition) is 3. The summed E-state index contributed by atoms with van der Waals surface area (Å²) in [5, 5.41) is 5.51. The van der Waals surface area contributed by atoms with Crippen LogP contribution in [0, 0.1) is 0 Å². The topological polar surface area (TPSA) is 112 Å². The molecule has 0 aliphatic rings. The van der Waals surface area contributed by atoms with E-state index >= 15 is 0 Å². The molecule has 4 N–H and O–H groups in total. The average Bonchev–Trinajstić information content (AvgIpc) is 3.17. The molecular weight excluding hydrogens is 1640 g/mol. The minimum Gasteiger partial charge on any atom is -1.00 e. The second-order valence-corrected chi connectivity index (χ2v) is 78.6. The molecule has 0 aromatic heterocycles. The minimum atomic E-state index is -3.69. The number of hydrogen-bond acceptors (Lipinski definition) is 7. The van der Waals surface area contributed by atoms with Gasteiger partial charge in [-0.25, -0.2) is 0 Å². The van der Waals surface area contributed by atoms with E-state index in [4.69, 9.17) is 199 Å². The summed E-state index contributed by atoms with van der Waals surface area (Å²) in [5.74, 6) is 0. The third-order valence-corrected chi connectivity index (χ3v) is 29.7. The Labute approximate surface area is 573 Å². The van der Waals surface area contributed by atoms with Crippen LogP contribution in [-0.4, -0.2) is 66.6 Å². The normalized spacial score (nSPS) is 12.3. The van der Waals surface area contributed by atoms with Gasteiger partial charge in [0, 0.05) is 13.6 Å². The fraction of sp³-hybridized carbons (Fsp3) is 0.368. The van der Waals surface area contributed by atoms with Crippen LogP contribution in [0.4, 0.5) is 0 Å². The summed E-state index contributed by atoms with van der Waals surface area (Å²) in [6.07, 6.45) is -2.77. The fourth-order valence-corrected chi connectivity index (χ4v) is 35.5. The van der Waals surface area contributed by atoms with E-state index in [2.05, 4.69) is 171 Å². The van der Waals surface area contributed by atoms with Gasteiger partial charge in [-0.15, -0.1) is 46.6 Å².